The minimum Gasteiger partial charge on any atom is -0.323 e. The van der Waals surface area contributed by atoms with E-state index in [0.717, 1.165) is 30.0 Å². The molecule has 0 atom stereocenters. The van der Waals surface area contributed by atoms with Gasteiger partial charge in [-0.3, -0.25) is 9.69 Å². The monoisotopic (exact) mass is 378 g/mol. The number of hydrogen-bond acceptors (Lipinski definition) is 2. The van der Waals surface area contributed by atoms with Gasteiger partial charge in [-0.05, 0) is 49.9 Å². The molecule has 0 aromatic heterocycles. The lowest BCUT2D eigenvalue weighted by Crippen LogP contribution is -2.35. The Morgan fingerprint density at radius 2 is 1.96 bits per heavy atom. The van der Waals surface area contributed by atoms with Gasteiger partial charge in [-0.2, -0.15) is 0 Å². The van der Waals surface area contributed by atoms with E-state index >= 15 is 0 Å². The largest absolute Gasteiger partial charge is 0.323 e. The minimum absolute atomic E-state index is 0.130. The molecule has 0 heterocycles. The summed E-state index contributed by atoms with van der Waals surface area (Å²) in [4.78, 5) is 14.4. The Bertz CT molecular complexity index is 814. The van der Waals surface area contributed by atoms with E-state index in [1.807, 2.05) is 24.8 Å². The van der Waals surface area contributed by atoms with Crippen molar-refractivity contribution in [3.05, 3.63) is 63.7 Å². The number of nitrogens with one attached hydrogen (secondary N) is 1. The molecule has 0 saturated heterocycles. The fraction of sp³-hybridized carbons (Fsp3) is 0.350. The van der Waals surface area contributed by atoms with E-state index in [0.29, 0.717) is 16.3 Å². The first kappa shape index (κ1) is 18.8. The molecule has 2 aromatic carbocycles. The molecule has 3 nitrogen and oxygen atoms in total. The second-order valence-corrected chi connectivity index (χ2v) is 7.27. The average Bonchev–Trinajstić information content (AvgIpc) is 3.37. The van der Waals surface area contributed by atoms with Crippen LogP contribution < -0.4 is 5.32 Å². The maximum Gasteiger partial charge on any atom is 0.238 e. The summed E-state index contributed by atoms with van der Waals surface area (Å²) in [6.07, 6.45) is 1.95. The fourth-order valence-electron chi connectivity index (χ4n) is 3.06. The maximum absolute atomic E-state index is 13.9. The van der Waals surface area contributed by atoms with Crippen LogP contribution in [0.4, 0.5) is 14.5 Å². The van der Waals surface area contributed by atoms with E-state index in [2.05, 4.69) is 5.32 Å². The zero-order chi connectivity index (χ0) is 18.8. The van der Waals surface area contributed by atoms with E-state index in [-0.39, 0.29) is 25.0 Å². The molecule has 0 bridgehead atoms. The van der Waals surface area contributed by atoms with E-state index in [4.69, 9.17) is 11.6 Å². The van der Waals surface area contributed by atoms with Crippen molar-refractivity contribution >= 4 is 23.2 Å². The van der Waals surface area contributed by atoms with Crippen molar-refractivity contribution in [2.45, 2.75) is 39.3 Å². The van der Waals surface area contributed by atoms with Crippen LogP contribution in [0.2, 0.25) is 5.02 Å². The first-order valence-corrected chi connectivity index (χ1v) is 8.96. The van der Waals surface area contributed by atoms with E-state index in [1.54, 1.807) is 6.07 Å². The van der Waals surface area contributed by atoms with Crippen molar-refractivity contribution < 1.29 is 13.6 Å². The predicted molar refractivity (Wildman–Crippen MR) is 99.3 cm³/mol. The number of benzene rings is 2. The molecule has 1 saturated carbocycles. The van der Waals surface area contributed by atoms with Gasteiger partial charge in [-0.1, -0.05) is 23.7 Å². The van der Waals surface area contributed by atoms with Crippen LogP contribution >= 0.6 is 11.6 Å². The lowest BCUT2D eigenvalue weighted by Gasteiger charge is -2.22. The van der Waals surface area contributed by atoms with Crippen LogP contribution in [0.25, 0.3) is 0 Å². The molecule has 0 spiro atoms. The summed E-state index contributed by atoms with van der Waals surface area (Å²) < 4.78 is 27.0. The van der Waals surface area contributed by atoms with Gasteiger partial charge in [0.25, 0.3) is 0 Å². The van der Waals surface area contributed by atoms with Crippen LogP contribution in [0.5, 0.6) is 0 Å². The van der Waals surface area contributed by atoms with Crippen molar-refractivity contribution in [2.75, 3.05) is 11.9 Å². The SMILES string of the molecule is Cc1cc(C)c(NC(=O)CN(Cc2ccc(F)cc2F)C2CC2)c(Cl)c1. The Hall–Kier alpha value is -1.98. The van der Waals surface area contributed by atoms with Gasteiger partial charge in [0.15, 0.2) is 0 Å². The summed E-state index contributed by atoms with van der Waals surface area (Å²) in [5, 5.41) is 3.36. The van der Waals surface area contributed by atoms with Gasteiger partial charge in [-0.15, -0.1) is 0 Å². The first-order chi connectivity index (χ1) is 12.3. The number of carbonyl (C=O) groups is 1. The quantitative estimate of drug-likeness (QED) is 0.780. The number of rotatable bonds is 6. The second kappa shape index (κ2) is 7.72. The number of aryl methyl sites for hydroxylation is 2. The third-order valence-electron chi connectivity index (χ3n) is 4.49. The Labute approximate surface area is 157 Å². The Morgan fingerprint density at radius 3 is 2.58 bits per heavy atom. The second-order valence-electron chi connectivity index (χ2n) is 6.86. The first-order valence-electron chi connectivity index (χ1n) is 8.58. The van der Waals surface area contributed by atoms with Gasteiger partial charge in [-0.25, -0.2) is 8.78 Å². The number of anilines is 1. The van der Waals surface area contributed by atoms with Crippen LogP contribution in [-0.2, 0) is 11.3 Å². The van der Waals surface area contributed by atoms with Gasteiger partial charge >= 0.3 is 0 Å². The zero-order valence-corrected chi connectivity index (χ0v) is 15.5. The van der Waals surface area contributed by atoms with Crippen LogP contribution in [-0.4, -0.2) is 23.4 Å². The molecule has 0 radical (unpaired) electrons. The van der Waals surface area contributed by atoms with Crippen LogP contribution in [0.15, 0.2) is 30.3 Å². The summed E-state index contributed by atoms with van der Waals surface area (Å²) in [6.45, 7) is 4.23. The Balaban J connectivity index is 1.69. The molecule has 1 fully saturated rings. The third kappa shape index (κ3) is 4.59. The van der Waals surface area contributed by atoms with Crippen LogP contribution in [0.3, 0.4) is 0 Å². The predicted octanol–water partition coefficient (Wildman–Crippen LogP) is 4.84. The molecular formula is C20H21ClF2N2O. The highest BCUT2D eigenvalue weighted by atomic mass is 35.5. The molecular weight excluding hydrogens is 358 g/mol. The molecule has 0 aliphatic heterocycles. The highest BCUT2D eigenvalue weighted by Gasteiger charge is 2.31. The van der Waals surface area contributed by atoms with Crippen molar-refractivity contribution in [2.24, 2.45) is 0 Å². The topological polar surface area (TPSA) is 32.3 Å². The number of halogens is 3. The summed E-state index contributed by atoms with van der Waals surface area (Å²) in [5.41, 5.74) is 2.91. The summed E-state index contributed by atoms with van der Waals surface area (Å²) in [5.74, 6) is -1.40. The normalized spacial score (nSPS) is 13.9. The molecule has 26 heavy (non-hydrogen) atoms. The zero-order valence-electron chi connectivity index (χ0n) is 14.8. The highest BCUT2D eigenvalue weighted by molar-refractivity contribution is 6.34. The van der Waals surface area contributed by atoms with Gasteiger partial charge in [0.05, 0.1) is 17.3 Å². The minimum atomic E-state index is -0.605. The molecule has 0 unspecified atom stereocenters. The lowest BCUT2D eigenvalue weighted by atomic mass is 10.1. The van der Waals surface area contributed by atoms with Crippen molar-refractivity contribution in [1.29, 1.82) is 0 Å². The number of nitrogens with zero attached hydrogens (tertiary/aromatic N) is 1. The summed E-state index contributed by atoms with van der Waals surface area (Å²) in [7, 11) is 0. The van der Waals surface area contributed by atoms with Crippen molar-refractivity contribution in [1.82, 2.24) is 4.90 Å². The smallest absolute Gasteiger partial charge is 0.238 e. The number of hydrogen-bond donors (Lipinski definition) is 1. The molecule has 1 aliphatic carbocycles. The van der Waals surface area contributed by atoms with Crippen molar-refractivity contribution in [3.8, 4) is 0 Å². The molecule has 138 valence electrons. The highest BCUT2D eigenvalue weighted by Crippen LogP contribution is 2.30. The van der Waals surface area contributed by atoms with E-state index in [1.165, 1.54) is 12.1 Å². The fourth-order valence-corrected chi connectivity index (χ4v) is 3.43. The molecule has 1 aliphatic rings. The maximum atomic E-state index is 13.9. The molecule has 6 heteroatoms. The number of amides is 1. The Kier molecular flexibility index (Phi) is 5.58. The number of carbonyl (C=O) groups excluding carboxylic acids is 1. The molecule has 1 amide bonds. The lowest BCUT2D eigenvalue weighted by molar-refractivity contribution is -0.117. The van der Waals surface area contributed by atoms with Crippen LogP contribution in [0, 0.1) is 25.5 Å². The van der Waals surface area contributed by atoms with Crippen molar-refractivity contribution in [3.63, 3.8) is 0 Å². The van der Waals surface area contributed by atoms with Gasteiger partial charge < -0.3 is 5.32 Å². The van der Waals surface area contributed by atoms with E-state index < -0.39 is 11.6 Å². The Morgan fingerprint density at radius 1 is 1.23 bits per heavy atom. The summed E-state index contributed by atoms with van der Waals surface area (Å²) in [6, 6.07) is 7.54. The van der Waals surface area contributed by atoms with Gasteiger partial charge in [0, 0.05) is 24.2 Å². The molecule has 3 rings (SSSR count). The molecule has 1 N–H and O–H groups in total. The summed E-state index contributed by atoms with van der Waals surface area (Å²) >= 11 is 6.24. The van der Waals surface area contributed by atoms with Crippen LogP contribution in [0.1, 0.15) is 29.5 Å². The third-order valence-corrected chi connectivity index (χ3v) is 4.79. The van der Waals surface area contributed by atoms with Gasteiger partial charge in [0.2, 0.25) is 5.91 Å². The van der Waals surface area contributed by atoms with E-state index in [9.17, 15) is 13.6 Å². The van der Waals surface area contributed by atoms with Gasteiger partial charge in [0.1, 0.15) is 11.6 Å². The molecule has 2 aromatic rings. The standard InChI is InChI=1S/C20H21ClF2N2O/c1-12-7-13(2)20(17(21)8-12)24-19(26)11-25(16-5-6-16)10-14-3-4-15(22)9-18(14)23/h3-4,7-9,16H,5-6,10-11H2,1-2H3,(H,24,26). The average molecular weight is 379 g/mol.